The lowest BCUT2D eigenvalue weighted by molar-refractivity contribution is 0.523. The predicted octanol–water partition coefficient (Wildman–Crippen LogP) is 4.04. The maximum atomic E-state index is 4.59. The minimum Gasteiger partial charge on any atom is -0.310 e. The van der Waals surface area contributed by atoms with Crippen LogP contribution in [0.3, 0.4) is 0 Å². The van der Waals surface area contributed by atoms with E-state index in [1.165, 1.54) is 16.8 Å². The van der Waals surface area contributed by atoms with Crippen molar-refractivity contribution >= 4 is 11.3 Å². The Kier molecular flexibility index (Phi) is 5.11. The first-order valence-corrected chi connectivity index (χ1v) is 7.78. The number of aryl methyl sites for hydroxylation is 2. The van der Waals surface area contributed by atoms with Crippen LogP contribution in [0.25, 0.3) is 0 Å². The third-order valence-electron chi connectivity index (χ3n) is 3.28. The minimum absolute atomic E-state index is 0.364. The minimum atomic E-state index is 0.364. The van der Waals surface area contributed by atoms with Crippen molar-refractivity contribution in [1.29, 1.82) is 0 Å². The van der Waals surface area contributed by atoms with Gasteiger partial charge in [-0.3, -0.25) is 0 Å². The van der Waals surface area contributed by atoms with Gasteiger partial charge in [0.05, 0.1) is 10.7 Å². The molecule has 3 heteroatoms. The molecule has 1 aromatic heterocycles. The highest BCUT2D eigenvalue weighted by Gasteiger charge is 2.14. The average molecular weight is 274 g/mol. The fourth-order valence-corrected chi connectivity index (χ4v) is 2.93. The second-order valence-corrected chi connectivity index (χ2v) is 5.99. The third-order valence-corrected chi connectivity index (χ3v) is 4.11. The maximum absolute atomic E-state index is 4.59. The summed E-state index contributed by atoms with van der Waals surface area (Å²) in [5.41, 5.74) is 3.93. The highest BCUT2D eigenvalue weighted by molar-refractivity contribution is 7.09. The lowest BCUT2D eigenvalue weighted by atomic mass is 9.97. The van der Waals surface area contributed by atoms with Crippen molar-refractivity contribution in [2.75, 3.05) is 6.54 Å². The molecule has 2 aromatic rings. The van der Waals surface area contributed by atoms with Crippen molar-refractivity contribution < 1.29 is 0 Å². The molecule has 1 unspecified atom stereocenters. The molecule has 0 aliphatic rings. The van der Waals surface area contributed by atoms with E-state index in [0.717, 1.165) is 24.4 Å². The van der Waals surface area contributed by atoms with Gasteiger partial charge in [0.1, 0.15) is 0 Å². The molecular formula is C16H22N2S. The zero-order chi connectivity index (χ0) is 13.7. The predicted molar refractivity (Wildman–Crippen MR) is 82.8 cm³/mol. The zero-order valence-corrected chi connectivity index (χ0v) is 12.8. The molecule has 0 aliphatic carbocycles. The summed E-state index contributed by atoms with van der Waals surface area (Å²) < 4.78 is 0. The molecule has 102 valence electrons. The number of hydrogen-bond acceptors (Lipinski definition) is 3. The molecule has 2 nitrogen and oxygen atoms in total. The van der Waals surface area contributed by atoms with Crippen molar-refractivity contribution in [1.82, 2.24) is 10.3 Å². The molecule has 1 heterocycles. The molecule has 0 fully saturated rings. The van der Waals surface area contributed by atoms with Crippen molar-refractivity contribution in [2.45, 2.75) is 39.7 Å². The summed E-state index contributed by atoms with van der Waals surface area (Å²) in [6.07, 6.45) is 2.12. The molecule has 0 saturated carbocycles. The average Bonchev–Trinajstić information content (AvgIpc) is 2.81. The van der Waals surface area contributed by atoms with Gasteiger partial charge >= 0.3 is 0 Å². The van der Waals surface area contributed by atoms with Crippen LogP contribution in [-0.4, -0.2) is 11.5 Å². The normalized spacial score (nSPS) is 12.6. The van der Waals surface area contributed by atoms with E-state index < -0.39 is 0 Å². The number of aromatic nitrogens is 1. The van der Waals surface area contributed by atoms with E-state index in [4.69, 9.17) is 0 Å². The Morgan fingerprint density at radius 2 is 2.05 bits per heavy atom. The highest BCUT2D eigenvalue weighted by atomic mass is 32.1. The number of rotatable bonds is 6. The van der Waals surface area contributed by atoms with Crippen LogP contribution in [0.15, 0.2) is 29.6 Å². The second kappa shape index (κ2) is 6.83. The van der Waals surface area contributed by atoms with Gasteiger partial charge < -0.3 is 5.32 Å². The molecule has 0 spiro atoms. The smallest absolute Gasteiger partial charge is 0.0897 e. The maximum Gasteiger partial charge on any atom is 0.0897 e. The Hall–Kier alpha value is -1.19. The van der Waals surface area contributed by atoms with Gasteiger partial charge in [0.25, 0.3) is 0 Å². The second-order valence-electron chi connectivity index (χ2n) is 4.93. The summed E-state index contributed by atoms with van der Waals surface area (Å²) in [5.74, 6) is 0. The van der Waals surface area contributed by atoms with E-state index in [-0.39, 0.29) is 0 Å². The SMILES string of the molecule is CCCNC(Cc1csc(C)n1)c1ccccc1C. The Bertz CT molecular complexity index is 519. The molecule has 0 radical (unpaired) electrons. The van der Waals surface area contributed by atoms with Gasteiger partial charge in [-0.15, -0.1) is 11.3 Å². The standard InChI is InChI=1S/C16H22N2S/c1-4-9-17-16(10-14-11-19-13(3)18-14)15-8-6-5-7-12(15)2/h5-8,11,16-17H,4,9-10H2,1-3H3. The number of thiazole rings is 1. The van der Waals surface area contributed by atoms with Gasteiger partial charge in [-0.25, -0.2) is 4.98 Å². The number of hydrogen-bond donors (Lipinski definition) is 1. The van der Waals surface area contributed by atoms with Gasteiger partial charge in [-0.2, -0.15) is 0 Å². The summed E-state index contributed by atoms with van der Waals surface area (Å²) in [7, 11) is 0. The molecule has 0 amide bonds. The monoisotopic (exact) mass is 274 g/mol. The highest BCUT2D eigenvalue weighted by Crippen LogP contribution is 2.22. The molecular weight excluding hydrogens is 252 g/mol. The Morgan fingerprint density at radius 1 is 1.26 bits per heavy atom. The lowest BCUT2D eigenvalue weighted by Crippen LogP contribution is -2.25. The van der Waals surface area contributed by atoms with E-state index in [0.29, 0.717) is 6.04 Å². The number of nitrogens with zero attached hydrogens (tertiary/aromatic N) is 1. The Labute approximate surface area is 119 Å². The van der Waals surface area contributed by atoms with E-state index in [1.54, 1.807) is 11.3 Å². The number of nitrogens with one attached hydrogen (secondary N) is 1. The fraction of sp³-hybridized carbons (Fsp3) is 0.438. The summed E-state index contributed by atoms with van der Waals surface area (Å²) in [6.45, 7) is 7.50. The van der Waals surface area contributed by atoms with Crippen LogP contribution in [0.2, 0.25) is 0 Å². The van der Waals surface area contributed by atoms with Crippen LogP contribution in [-0.2, 0) is 6.42 Å². The summed E-state index contributed by atoms with van der Waals surface area (Å²) >= 11 is 1.73. The first-order chi connectivity index (χ1) is 9.20. The van der Waals surface area contributed by atoms with Crippen LogP contribution >= 0.6 is 11.3 Å². The summed E-state index contributed by atoms with van der Waals surface area (Å²) in [4.78, 5) is 4.59. The molecule has 19 heavy (non-hydrogen) atoms. The van der Waals surface area contributed by atoms with Crippen LogP contribution in [0.1, 0.15) is 41.2 Å². The fourth-order valence-electron chi connectivity index (χ4n) is 2.30. The first kappa shape index (κ1) is 14.2. The molecule has 2 rings (SSSR count). The van der Waals surface area contributed by atoms with Crippen LogP contribution < -0.4 is 5.32 Å². The van der Waals surface area contributed by atoms with Crippen molar-refractivity contribution in [3.05, 3.63) is 51.5 Å². The summed E-state index contributed by atoms with van der Waals surface area (Å²) in [6, 6.07) is 8.99. The molecule has 1 aromatic carbocycles. The Balaban J connectivity index is 2.18. The quantitative estimate of drug-likeness (QED) is 0.860. The van der Waals surface area contributed by atoms with Crippen molar-refractivity contribution in [3.63, 3.8) is 0 Å². The van der Waals surface area contributed by atoms with Gasteiger partial charge in [0.15, 0.2) is 0 Å². The largest absolute Gasteiger partial charge is 0.310 e. The topological polar surface area (TPSA) is 24.9 Å². The van der Waals surface area contributed by atoms with Crippen LogP contribution in [0.4, 0.5) is 0 Å². The number of benzene rings is 1. The van der Waals surface area contributed by atoms with Gasteiger partial charge in [0.2, 0.25) is 0 Å². The van der Waals surface area contributed by atoms with Gasteiger partial charge in [0, 0.05) is 17.8 Å². The zero-order valence-electron chi connectivity index (χ0n) is 11.9. The van der Waals surface area contributed by atoms with E-state index in [1.807, 2.05) is 0 Å². The van der Waals surface area contributed by atoms with Crippen LogP contribution in [0.5, 0.6) is 0 Å². The van der Waals surface area contributed by atoms with Gasteiger partial charge in [-0.05, 0) is 37.9 Å². The first-order valence-electron chi connectivity index (χ1n) is 6.90. The molecule has 1 N–H and O–H groups in total. The van der Waals surface area contributed by atoms with Gasteiger partial charge in [-0.1, -0.05) is 31.2 Å². The summed E-state index contributed by atoms with van der Waals surface area (Å²) in [5, 5.41) is 6.97. The van der Waals surface area contributed by atoms with E-state index >= 15 is 0 Å². The van der Waals surface area contributed by atoms with Crippen molar-refractivity contribution in [3.8, 4) is 0 Å². The van der Waals surface area contributed by atoms with Crippen molar-refractivity contribution in [2.24, 2.45) is 0 Å². The molecule has 0 saturated heterocycles. The van der Waals surface area contributed by atoms with E-state index in [9.17, 15) is 0 Å². The van der Waals surface area contributed by atoms with E-state index in [2.05, 4.69) is 60.7 Å². The lowest BCUT2D eigenvalue weighted by Gasteiger charge is -2.20. The molecule has 1 atom stereocenters. The third kappa shape index (κ3) is 3.88. The van der Waals surface area contributed by atoms with Crippen LogP contribution in [0, 0.1) is 13.8 Å². The Morgan fingerprint density at radius 3 is 2.68 bits per heavy atom. The molecule has 0 bridgehead atoms. The molecule has 0 aliphatic heterocycles.